The summed E-state index contributed by atoms with van der Waals surface area (Å²) < 4.78 is 5.36. The van der Waals surface area contributed by atoms with E-state index in [1.807, 2.05) is 0 Å². The number of thioether (sulfide) groups is 1. The monoisotopic (exact) mass is 472 g/mol. The van der Waals surface area contributed by atoms with Gasteiger partial charge in [0, 0.05) is 61.2 Å². The Kier molecular flexibility index (Phi) is 9.09. The van der Waals surface area contributed by atoms with Crippen LogP contribution in [-0.2, 0) is 9.53 Å². The molecule has 0 spiro atoms. The van der Waals surface area contributed by atoms with Crippen LogP contribution in [0.15, 0.2) is 35.4 Å². The molecule has 3 aliphatic rings. The zero-order valence-corrected chi connectivity index (χ0v) is 20.2. The van der Waals surface area contributed by atoms with Crippen molar-refractivity contribution in [3.05, 3.63) is 41.0 Å². The Bertz CT molecular complexity index is 815. The van der Waals surface area contributed by atoms with Crippen LogP contribution in [0, 0.1) is 0 Å². The number of carbonyl (C=O) groups excluding carboxylic acids is 2. The first-order valence-electron chi connectivity index (χ1n) is 12.3. The number of carbonyl (C=O) groups is 2. The molecule has 2 aliphatic heterocycles. The maximum Gasteiger partial charge on any atom is 0.291 e. The Morgan fingerprint density at radius 2 is 1.76 bits per heavy atom. The van der Waals surface area contributed by atoms with Crippen LogP contribution in [0.5, 0.6) is 0 Å². The lowest BCUT2D eigenvalue weighted by molar-refractivity contribution is -0.116. The number of anilines is 1. The van der Waals surface area contributed by atoms with Crippen LogP contribution in [0.1, 0.15) is 48.9 Å². The van der Waals surface area contributed by atoms with Crippen molar-refractivity contribution < 1.29 is 14.3 Å². The number of hydrogen-bond acceptors (Lipinski definition) is 6. The second-order valence-corrected chi connectivity index (χ2v) is 9.99. The molecule has 1 aromatic rings. The van der Waals surface area contributed by atoms with Crippen molar-refractivity contribution in [2.24, 2.45) is 0 Å². The fourth-order valence-corrected chi connectivity index (χ4v) is 5.41. The number of nitrogens with zero attached hydrogens (tertiary/aromatic N) is 2. The first-order valence-corrected chi connectivity index (χ1v) is 13.3. The zero-order chi connectivity index (χ0) is 22.9. The fraction of sp³-hybridized carbons (Fsp3) is 0.600. The van der Waals surface area contributed by atoms with Crippen LogP contribution < -0.4 is 10.6 Å². The topological polar surface area (TPSA) is 73.9 Å². The predicted molar refractivity (Wildman–Crippen MR) is 133 cm³/mol. The molecule has 1 aromatic carbocycles. The van der Waals surface area contributed by atoms with Crippen LogP contribution in [0.25, 0.3) is 0 Å². The minimum absolute atomic E-state index is 0.0790. The van der Waals surface area contributed by atoms with Gasteiger partial charge in [-0.15, -0.1) is 11.8 Å². The standard InChI is InChI=1S/C25H36N4O3S/c30-24(20-7-9-21(10-8-20)27-25(31)23-19-33-18-17-32-23)26-11-4-12-28-13-15-29(16-14-28)22-5-2-1-3-6-22/h7-10,19,22H,1-6,11-18H2,(H,26,30)(H,27,31). The maximum atomic E-state index is 12.4. The molecule has 180 valence electrons. The average molecular weight is 473 g/mol. The van der Waals surface area contributed by atoms with E-state index in [0.29, 0.717) is 30.2 Å². The Morgan fingerprint density at radius 3 is 2.45 bits per heavy atom. The molecule has 1 saturated heterocycles. The van der Waals surface area contributed by atoms with Crippen molar-refractivity contribution in [3.63, 3.8) is 0 Å². The van der Waals surface area contributed by atoms with E-state index >= 15 is 0 Å². The van der Waals surface area contributed by atoms with E-state index in [4.69, 9.17) is 4.74 Å². The predicted octanol–water partition coefficient (Wildman–Crippen LogP) is 3.30. The molecule has 1 saturated carbocycles. The lowest BCUT2D eigenvalue weighted by Gasteiger charge is -2.40. The van der Waals surface area contributed by atoms with Gasteiger partial charge in [-0.3, -0.25) is 14.5 Å². The molecule has 4 rings (SSSR count). The summed E-state index contributed by atoms with van der Waals surface area (Å²) in [6.07, 6.45) is 7.92. The summed E-state index contributed by atoms with van der Waals surface area (Å²) in [5.74, 6) is 0.852. The van der Waals surface area contributed by atoms with Gasteiger partial charge in [-0.1, -0.05) is 19.3 Å². The molecule has 8 heteroatoms. The normalized spacial score (nSPS) is 20.5. The highest BCUT2D eigenvalue weighted by atomic mass is 32.2. The van der Waals surface area contributed by atoms with Gasteiger partial charge in [-0.2, -0.15) is 0 Å². The smallest absolute Gasteiger partial charge is 0.291 e. The van der Waals surface area contributed by atoms with Crippen molar-refractivity contribution in [1.82, 2.24) is 15.1 Å². The highest BCUT2D eigenvalue weighted by molar-refractivity contribution is 8.02. The summed E-state index contributed by atoms with van der Waals surface area (Å²) in [7, 11) is 0. The van der Waals surface area contributed by atoms with Gasteiger partial charge >= 0.3 is 0 Å². The van der Waals surface area contributed by atoms with Gasteiger partial charge in [0.25, 0.3) is 11.8 Å². The van der Waals surface area contributed by atoms with Gasteiger partial charge in [0.15, 0.2) is 5.76 Å². The molecule has 1 aliphatic carbocycles. The first-order chi connectivity index (χ1) is 16.2. The van der Waals surface area contributed by atoms with E-state index in [-0.39, 0.29) is 11.8 Å². The summed E-state index contributed by atoms with van der Waals surface area (Å²) in [5.41, 5.74) is 1.24. The molecule has 0 bridgehead atoms. The van der Waals surface area contributed by atoms with Gasteiger partial charge in [0.05, 0.1) is 6.61 Å². The summed E-state index contributed by atoms with van der Waals surface area (Å²) in [6.45, 7) is 6.88. The highest BCUT2D eigenvalue weighted by Crippen LogP contribution is 2.23. The van der Waals surface area contributed by atoms with Crippen molar-refractivity contribution in [2.75, 3.05) is 56.9 Å². The second-order valence-electron chi connectivity index (χ2n) is 9.01. The van der Waals surface area contributed by atoms with E-state index in [0.717, 1.165) is 37.8 Å². The SMILES string of the molecule is O=C(Nc1ccc(C(=O)NCCCN2CCN(C3CCCCC3)CC2)cc1)C1=CSCCO1. The largest absolute Gasteiger partial charge is 0.487 e. The fourth-order valence-electron chi connectivity index (χ4n) is 4.79. The molecule has 33 heavy (non-hydrogen) atoms. The number of piperazine rings is 1. The number of hydrogen-bond donors (Lipinski definition) is 2. The summed E-state index contributed by atoms with van der Waals surface area (Å²) >= 11 is 1.57. The number of ether oxygens (including phenoxy) is 1. The minimum Gasteiger partial charge on any atom is -0.487 e. The number of rotatable bonds is 8. The number of nitrogens with one attached hydrogen (secondary N) is 2. The summed E-state index contributed by atoms with van der Waals surface area (Å²) in [5, 5.41) is 7.55. The first kappa shape index (κ1) is 24.1. The number of benzene rings is 1. The molecule has 2 heterocycles. The Hall–Kier alpha value is -2.03. The van der Waals surface area contributed by atoms with Gasteiger partial charge in [0.1, 0.15) is 0 Å². The van der Waals surface area contributed by atoms with E-state index in [2.05, 4.69) is 20.4 Å². The quantitative estimate of drug-likeness (QED) is 0.566. The van der Waals surface area contributed by atoms with Crippen LogP contribution in [0.2, 0.25) is 0 Å². The number of amides is 2. The van der Waals surface area contributed by atoms with Crippen LogP contribution in [0.3, 0.4) is 0 Å². The van der Waals surface area contributed by atoms with Crippen molar-refractivity contribution >= 4 is 29.3 Å². The summed E-state index contributed by atoms with van der Waals surface area (Å²) in [6, 6.07) is 7.78. The molecule has 0 atom stereocenters. The molecular weight excluding hydrogens is 436 g/mol. The maximum absolute atomic E-state index is 12.4. The van der Waals surface area contributed by atoms with Crippen LogP contribution >= 0.6 is 11.8 Å². The molecule has 0 unspecified atom stereocenters. The molecule has 7 nitrogen and oxygen atoms in total. The third kappa shape index (κ3) is 7.22. The lowest BCUT2D eigenvalue weighted by Crippen LogP contribution is -2.51. The Balaban J connectivity index is 1.12. The third-order valence-electron chi connectivity index (χ3n) is 6.71. The summed E-state index contributed by atoms with van der Waals surface area (Å²) in [4.78, 5) is 29.8. The lowest BCUT2D eigenvalue weighted by atomic mass is 9.94. The van der Waals surface area contributed by atoms with E-state index in [1.54, 1.807) is 41.4 Å². The molecule has 0 aromatic heterocycles. The van der Waals surface area contributed by atoms with Gasteiger partial charge in [-0.05, 0) is 50.1 Å². The van der Waals surface area contributed by atoms with Crippen molar-refractivity contribution in [3.8, 4) is 0 Å². The highest BCUT2D eigenvalue weighted by Gasteiger charge is 2.24. The average Bonchev–Trinajstić information content (AvgIpc) is 2.88. The molecular formula is C25H36N4O3S. The molecule has 2 amide bonds. The van der Waals surface area contributed by atoms with Gasteiger partial charge < -0.3 is 20.3 Å². The van der Waals surface area contributed by atoms with Gasteiger partial charge in [-0.25, -0.2) is 0 Å². The molecule has 2 N–H and O–H groups in total. The van der Waals surface area contributed by atoms with E-state index in [1.165, 1.54) is 45.2 Å². The minimum atomic E-state index is -0.265. The Labute approximate surface area is 201 Å². The van der Waals surface area contributed by atoms with Gasteiger partial charge in [0.2, 0.25) is 0 Å². The van der Waals surface area contributed by atoms with Crippen molar-refractivity contribution in [2.45, 2.75) is 44.6 Å². The van der Waals surface area contributed by atoms with Crippen LogP contribution in [-0.4, -0.2) is 79.3 Å². The van der Waals surface area contributed by atoms with Crippen LogP contribution in [0.4, 0.5) is 5.69 Å². The molecule has 2 fully saturated rings. The Morgan fingerprint density at radius 1 is 1.00 bits per heavy atom. The van der Waals surface area contributed by atoms with E-state index < -0.39 is 0 Å². The van der Waals surface area contributed by atoms with Crippen molar-refractivity contribution in [1.29, 1.82) is 0 Å². The zero-order valence-electron chi connectivity index (χ0n) is 19.4. The second kappa shape index (κ2) is 12.4. The van der Waals surface area contributed by atoms with E-state index in [9.17, 15) is 9.59 Å². The molecule has 0 radical (unpaired) electrons. The third-order valence-corrected chi connectivity index (χ3v) is 7.50.